The first kappa shape index (κ1) is 65.0. The van der Waals surface area contributed by atoms with Crippen molar-refractivity contribution >= 4 is 35.6 Å². The monoisotopic (exact) mass is 1180 g/mol. The Hall–Kier alpha value is -9.51. The zero-order valence-electron chi connectivity index (χ0n) is 48.3. The summed E-state index contributed by atoms with van der Waals surface area (Å²) in [4.78, 5) is 73.9. The van der Waals surface area contributed by atoms with Crippen LogP contribution >= 0.6 is 0 Å². The number of aliphatic carboxylic acids is 1. The van der Waals surface area contributed by atoms with Crippen LogP contribution in [0.2, 0.25) is 0 Å². The summed E-state index contributed by atoms with van der Waals surface area (Å²) in [7, 11) is 1.60. The lowest BCUT2D eigenvalue weighted by Crippen LogP contribution is -2.50. The second kappa shape index (κ2) is 32.1. The van der Waals surface area contributed by atoms with Gasteiger partial charge in [0, 0.05) is 99.7 Å². The molecule has 0 aliphatic carbocycles. The molecule has 3 aliphatic heterocycles. The van der Waals surface area contributed by atoms with E-state index in [-0.39, 0.29) is 66.7 Å². The van der Waals surface area contributed by atoms with Gasteiger partial charge in [0.05, 0.1) is 39.5 Å². The molecule has 0 unspecified atom stereocenters. The fourth-order valence-corrected chi connectivity index (χ4v) is 9.51. The lowest BCUT2D eigenvalue weighted by atomic mass is 9.79. The normalized spacial score (nSPS) is 15.0. The molecule has 0 radical (unpaired) electrons. The maximum atomic E-state index is 13.6. The van der Waals surface area contributed by atoms with Crippen molar-refractivity contribution in [1.82, 2.24) is 21.3 Å². The van der Waals surface area contributed by atoms with E-state index in [4.69, 9.17) is 18.9 Å². The molecule has 15 nitrogen and oxygen atoms in total. The van der Waals surface area contributed by atoms with Crippen LogP contribution in [0.4, 0.5) is 13.2 Å². The number of rotatable bonds is 13. The Balaban J connectivity index is 0.000000187. The predicted molar refractivity (Wildman–Crippen MR) is 319 cm³/mol. The third-order valence-corrected chi connectivity index (χ3v) is 15.1. The second-order valence-electron chi connectivity index (χ2n) is 20.8. The highest BCUT2D eigenvalue weighted by Crippen LogP contribution is 2.33. The number of hydrogen-bond acceptors (Lipinski definition) is 10. The van der Waals surface area contributed by atoms with E-state index in [9.17, 15) is 47.0 Å². The van der Waals surface area contributed by atoms with Gasteiger partial charge in [-0.1, -0.05) is 71.9 Å². The Bertz CT molecular complexity index is 3560. The molecule has 4 amide bonds. The number of hydrogen-bond donors (Lipinski definition) is 5. The van der Waals surface area contributed by atoms with Gasteiger partial charge in [-0.15, -0.1) is 0 Å². The number of carbonyl (C=O) groups excluding carboxylic acids is 5. The van der Waals surface area contributed by atoms with Gasteiger partial charge >= 0.3 is 11.9 Å². The molecule has 0 atom stereocenters. The van der Waals surface area contributed by atoms with Gasteiger partial charge in [-0.05, 0) is 155 Å². The van der Waals surface area contributed by atoms with Gasteiger partial charge in [-0.25, -0.2) is 13.2 Å². The molecule has 0 spiro atoms. The minimum atomic E-state index is -0.987. The molecule has 3 saturated heterocycles. The van der Waals surface area contributed by atoms with E-state index in [0.717, 1.165) is 0 Å². The van der Waals surface area contributed by atoms with Crippen molar-refractivity contribution in [3.8, 4) is 35.5 Å². The standard InChI is InChI=1S/C24H24FNO4.C23H23FN2O3.C22H20FNO4/c1-2-30-23(28)24(13-15-29-16-14-24)17-26-22(27)20-11-8-18(9-12-20)7-10-19-5-3-4-6-21(19)25;1-25-22(28)23(12-14-29-15-13-23)16-26-21(27)19-10-7-17(8-11-19)6-9-18-4-2-3-5-20(18)24;23-19-4-2-1-3-17(19)8-5-16-6-9-18(10-7-16)20(25)24-15-22(21(26)27)11-13-28-14-12-22/h3-6,8-9,11-12H,2,13-17H2,1H3,(H,26,27);2-5,7-8,10-11H,12-16H2,1H3,(H,25,28)(H,26,27);1-4,6-7,9-10H,11-15H2,(H,24,25)(H,26,27). The van der Waals surface area contributed by atoms with Crippen LogP contribution in [0.3, 0.4) is 0 Å². The van der Waals surface area contributed by atoms with Crippen LogP contribution in [0.15, 0.2) is 146 Å². The first-order valence-corrected chi connectivity index (χ1v) is 28.4. The summed E-state index contributed by atoms with van der Waals surface area (Å²) in [5.41, 5.74) is 1.89. The number of ether oxygens (including phenoxy) is 4. The highest BCUT2D eigenvalue weighted by Gasteiger charge is 2.43. The summed E-state index contributed by atoms with van der Waals surface area (Å²) >= 11 is 0. The van der Waals surface area contributed by atoms with Gasteiger partial charge in [0.15, 0.2) is 0 Å². The maximum absolute atomic E-state index is 13.6. The van der Waals surface area contributed by atoms with Gasteiger partial charge in [0.2, 0.25) is 5.91 Å². The number of benzene rings is 6. The first-order valence-electron chi connectivity index (χ1n) is 28.4. The number of carboxylic acids is 1. The second-order valence-corrected chi connectivity index (χ2v) is 20.8. The number of nitrogens with one attached hydrogen (secondary N) is 4. The molecule has 87 heavy (non-hydrogen) atoms. The molecule has 3 heterocycles. The fraction of sp³-hybridized carbons (Fsp3) is 0.304. The molecule has 9 rings (SSSR count). The minimum absolute atomic E-state index is 0.0549. The highest BCUT2D eigenvalue weighted by molar-refractivity contribution is 5.96. The molecule has 3 aliphatic rings. The van der Waals surface area contributed by atoms with Crippen LogP contribution in [-0.4, -0.2) is 114 Å². The van der Waals surface area contributed by atoms with Gasteiger partial charge < -0.3 is 45.3 Å². The molecule has 5 N–H and O–H groups in total. The summed E-state index contributed by atoms with van der Waals surface area (Å²) in [6.07, 6.45) is 2.89. The van der Waals surface area contributed by atoms with Gasteiger partial charge in [0.25, 0.3) is 17.7 Å². The van der Waals surface area contributed by atoms with E-state index >= 15 is 0 Å². The molecule has 0 saturated carbocycles. The lowest BCUT2D eigenvalue weighted by Gasteiger charge is -2.35. The van der Waals surface area contributed by atoms with Crippen LogP contribution in [-0.2, 0) is 33.3 Å². The third kappa shape index (κ3) is 18.5. The Morgan fingerprint density at radius 2 is 0.747 bits per heavy atom. The molecule has 0 bridgehead atoms. The first-order chi connectivity index (χ1) is 42.1. The summed E-state index contributed by atoms with van der Waals surface area (Å²) in [6.45, 7) is 5.23. The molecule has 450 valence electrons. The van der Waals surface area contributed by atoms with Crippen LogP contribution in [0.25, 0.3) is 0 Å². The van der Waals surface area contributed by atoms with Gasteiger partial charge in [-0.2, -0.15) is 0 Å². The van der Waals surface area contributed by atoms with Crippen LogP contribution in [0.1, 0.15) is 110 Å². The van der Waals surface area contributed by atoms with Crippen molar-refractivity contribution in [3.05, 3.63) is 213 Å². The van der Waals surface area contributed by atoms with Gasteiger partial charge in [-0.3, -0.25) is 28.8 Å². The van der Waals surface area contributed by atoms with Crippen LogP contribution in [0, 0.1) is 69.2 Å². The van der Waals surface area contributed by atoms with E-state index < -0.39 is 22.2 Å². The highest BCUT2D eigenvalue weighted by atomic mass is 19.1. The van der Waals surface area contributed by atoms with E-state index in [2.05, 4.69) is 56.8 Å². The van der Waals surface area contributed by atoms with E-state index in [1.165, 1.54) is 18.2 Å². The SMILES string of the molecule is CCOC(=O)C1(CNC(=O)c2ccc(C#Cc3ccccc3F)cc2)CCOCC1.CNC(=O)C1(CNC(=O)c2ccc(C#Cc3ccccc3F)cc2)CCOCC1.O=C(NCC1(C(=O)O)CCOCC1)c1ccc(C#Cc2ccccc2F)cc1. The molecular weight excluding hydrogens is 1120 g/mol. The number of carboxylic acid groups (broad SMARTS) is 1. The zero-order valence-corrected chi connectivity index (χ0v) is 48.3. The van der Waals surface area contributed by atoms with Crippen molar-refractivity contribution in [2.45, 2.75) is 45.4 Å². The number of amides is 4. The average molecular weight is 1190 g/mol. The third-order valence-electron chi connectivity index (χ3n) is 15.1. The average Bonchev–Trinajstić information content (AvgIpc) is 2.70. The summed E-state index contributed by atoms with van der Waals surface area (Å²) < 4.78 is 62.0. The number of esters is 1. The lowest BCUT2D eigenvalue weighted by molar-refractivity contribution is -0.160. The summed E-state index contributed by atoms with van der Waals surface area (Å²) in [5.74, 6) is 13.7. The van der Waals surface area contributed by atoms with Crippen molar-refractivity contribution < 1.29 is 66.0 Å². The largest absolute Gasteiger partial charge is 0.481 e. The quantitative estimate of drug-likeness (QED) is 0.0546. The Morgan fingerprint density at radius 3 is 1.06 bits per heavy atom. The number of carbonyl (C=O) groups is 6. The molecule has 3 fully saturated rings. The topological polar surface area (TPSA) is 208 Å². The Labute approximate surface area is 504 Å². The summed E-state index contributed by atoms with van der Waals surface area (Å²) in [5, 5.41) is 20.7. The minimum Gasteiger partial charge on any atom is -0.481 e. The number of halogens is 3. The maximum Gasteiger partial charge on any atom is 0.314 e. The van der Waals surface area contributed by atoms with E-state index in [0.29, 0.717) is 135 Å². The fourth-order valence-electron chi connectivity index (χ4n) is 9.51. The Morgan fingerprint density at radius 1 is 0.448 bits per heavy atom. The van der Waals surface area contributed by atoms with E-state index in [1.54, 1.807) is 141 Å². The Kier molecular flexibility index (Phi) is 24.0. The molecule has 18 heteroatoms. The van der Waals surface area contributed by atoms with Crippen molar-refractivity contribution in [2.24, 2.45) is 16.2 Å². The summed E-state index contributed by atoms with van der Waals surface area (Å²) in [6, 6.07) is 38.9. The van der Waals surface area contributed by atoms with Crippen molar-refractivity contribution in [2.75, 3.05) is 72.9 Å². The molecule has 6 aromatic carbocycles. The smallest absolute Gasteiger partial charge is 0.314 e. The van der Waals surface area contributed by atoms with Crippen molar-refractivity contribution in [1.29, 1.82) is 0 Å². The molecule has 0 aromatic heterocycles. The predicted octanol–water partition coefficient (Wildman–Crippen LogP) is 8.65. The molecular formula is C69H67F3N4O11. The van der Waals surface area contributed by atoms with Gasteiger partial charge in [0.1, 0.15) is 17.5 Å². The van der Waals surface area contributed by atoms with E-state index in [1.807, 2.05) is 0 Å². The van der Waals surface area contributed by atoms with Crippen LogP contribution < -0.4 is 21.3 Å². The van der Waals surface area contributed by atoms with Crippen LogP contribution in [0.5, 0.6) is 0 Å². The molecule has 6 aromatic rings. The van der Waals surface area contributed by atoms with Crippen molar-refractivity contribution in [3.63, 3.8) is 0 Å². The zero-order chi connectivity index (χ0) is 62.1.